The van der Waals surface area contributed by atoms with E-state index in [0.29, 0.717) is 11.5 Å². The van der Waals surface area contributed by atoms with E-state index in [1.807, 2.05) is 6.07 Å². The number of nitrogens with two attached hydrogens (primary N) is 1. The lowest BCUT2D eigenvalue weighted by Gasteiger charge is -2.16. The minimum Gasteiger partial charge on any atom is -0.394 e. The van der Waals surface area contributed by atoms with E-state index >= 15 is 0 Å². The monoisotopic (exact) mass is 234 g/mol. The van der Waals surface area contributed by atoms with Crippen LogP contribution >= 0.6 is 11.3 Å². The van der Waals surface area contributed by atoms with Gasteiger partial charge in [0.25, 0.3) is 0 Å². The van der Waals surface area contributed by atoms with Crippen molar-refractivity contribution in [3.05, 3.63) is 34.9 Å². The molecule has 1 unspecified atom stereocenters. The van der Waals surface area contributed by atoms with Crippen LogP contribution in [0.1, 0.15) is 24.3 Å². The number of nitrogens with one attached hydrogen (secondary N) is 1. The molecule has 2 rings (SSSR count). The molecule has 0 aliphatic carbocycles. The molecular formula is C11H14N4S. The first-order valence-corrected chi connectivity index (χ1v) is 6.04. The number of nitrogen functional groups attached to an aromatic ring is 1. The molecule has 5 heteroatoms. The predicted molar refractivity (Wildman–Crippen MR) is 67.4 cm³/mol. The highest BCUT2D eigenvalue weighted by Gasteiger charge is 2.11. The van der Waals surface area contributed by atoms with Crippen LogP contribution in [-0.4, -0.2) is 9.97 Å². The molecular weight excluding hydrogens is 220 g/mol. The minimum absolute atomic E-state index is 0.261. The molecule has 0 bridgehead atoms. The van der Waals surface area contributed by atoms with Gasteiger partial charge in [0.05, 0.1) is 17.9 Å². The van der Waals surface area contributed by atoms with Gasteiger partial charge < -0.3 is 11.1 Å². The van der Waals surface area contributed by atoms with E-state index in [9.17, 15) is 0 Å². The first kappa shape index (κ1) is 10.9. The maximum atomic E-state index is 5.79. The molecule has 0 aromatic carbocycles. The Labute approximate surface area is 98.6 Å². The smallest absolute Gasteiger partial charge is 0.153 e. The molecule has 0 aliphatic rings. The Bertz CT molecular complexity index is 441. The van der Waals surface area contributed by atoms with Gasteiger partial charge in [0, 0.05) is 4.88 Å². The molecule has 0 saturated heterocycles. The summed E-state index contributed by atoms with van der Waals surface area (Å²) >= 11 is 1.73. The van der Waals surface area contributed by atoms with Gasteiger partial charge in [0.2, 0.25) is 0 Å². The fourth-order valence-corrected chi connectivity index (χ4v) is 2.35. The number of hydrogen-bond donors (Lipinski definition) is 2. The highest BCUT2D eigenvalue weighted by molar-refractivity contribution is 7.10. The Morgan fingerprint density at radius 3 is 3.06 bits per heavy atom. The van der Waals surface area contributed by atoms with Crippen molar-refractivity contribution < 1.29 is 0 Å². The third-order valence-corrected chi connectivity index (χ3v) is 3.33. The van der Waals surface area contributed by atoms with Crippen molar-refractivity contribution >= 4 is 22.8 Å². The Kier molecular flexibility index (Phi) is 3.36. The molecule has 0 aliphatic heterocycles. The van der Waals surface area contributed by atoms with Crippen LogP contribution < -0.4 is 11.1 Å². The fraction of sp³-hybridized carbons (Fsp3) is 0.273. The van der Waals surface area contributed by atoms with Crippen LogP contribution in [0.2, 0.25) is 0 Å². The zero-order chi connectivity index (χ0) is 11.4. The van der Waals surface area contributed by atoms with E-state index in [-0.39, 0.29) is 6.04 Å². The van der Waals surface area contributed by atoms with Crippen molar-refractivity contribution in [1.82, 2.24) is 9.97 Å². The van der Waals surface area contributed by atoms with Gasteiger partial charge in [-0.05, 0) is 17.9 Å². The average molecular weight is 234 g/mol. The zero-order valence-electron chi connectivity index (χ0n) is 9.05. The number of anilines is 2. The Balaban J connectivity index is 2.17. The Morgan fingerprint density at radius 1 is 1.56 bits per heavy atom. The van der Waals surface area contributed by atoms with Gasteiger partial charge in [0.1, 0.15) is 6.33 Å². The van der Waals surface area contributed by atoms with Gasteiger partial charge in [0.15, 0.2) is 5.82 Å². The van der Waals surface area contributed by atoms with Crippen molar-refractivity contribution in [1.29, 1.82) is 0 Å². The minimum atomic E-state index is 0.261. The topological polar surface area (TPSA) is 63.8 Å². The van der Waals surface area contributed by atoms with Gasteiger partial charge in [-0.2, -0.15) is 0 Å². The lowest BCUT2D eigenvalue weighted by molar-refractivity contribution is 0.758. The van der Waals surface area contributed by atoms with Crippen molar-refractivity contribution in [2.24, 2.45) is 0 Å². The fourth-order valence-electron chi connectivity index (χ4n) is 1.49. The molecule has 0 saturated carbocycles. The lowest BCUT2D eigenvalue weighted by atomic mass is 10.2. The Morgan fingerprint density at radius 2 is 2.44 bits per heavy atom. The molecule has 2 aromatic heterocycles. The van der Waals surface area contributed by atoms with Gasteiger partial charge in [-0.1, -0.05) is 13.0 Å². The molecule has 16 heavy (non-hydrogen) atoms. The van der Waals surface area contributed by atoms with E-state index in [4.69, 9.17) is 5.73 Å². The van der Waals surface area contributed by atoms with Crippen LogP contribution in [0.5, 0.6) is 0 Å². The van der Waals surface area contributed by atoms with Gasteiger partial charge in [-0.15, -0.1) is 11.3 Å². The number of rotatable bonds is 4. The van der Waals surface area contributed by atoms with Crippen molar-refractivity contribution in [3.63, 3.8) is 0 Å². The SMILES string of the molecule is CCC(Nc1ncncc1N)c1cccs1. The van der Waals surface area contributed by atoms with Crippen LogP contribution in [0.4, 0.5) is 11.5 Å². The predicted octanol–water partition coefficient (Wildman–Crippen LogP) is 2.68. The standard InChI is InChI=1S/C11H14N4S/c1-2-9(10-4-3-5-16-10)15-11-8(12)6-13-7-14-11/h3-7,9H,2,12H2,1H3,(H,13,14,15). The lowest BCUT2D eigenvalue weighted by Crippen LogP contribution is -2.11. The molecule has 0 amide bonds. The second kappa shape index (κ2) is 4.94. The number of hydrogen-bond acceptors (Lipinski definition) is 5. The second-order valence-corrected chi connectivity index (χ2v) is 4.43. The molecule has 84 valence electrons. The van der Waals surface area contributed by atoms with Gasteiger partial charge >= 0.3 is 0 Å². The summed E-state index contributed by atoms with van der Waals surface area (Å²) in [6.45, 7) is 2.13. The van der Waals surface area contributed by atoms with Crippen LogP contribution in [0.3, 0.4) is 0 Å². The maximum absolute atomic E-state index is 5.79. The summed E-state index contributed by atoms with van der Waals surface area (Å²) in [6.07, 6.45) is 4.10. The van der Waals surface area contributed by atoms with Gasteiger partial charge in [-0.3, -0.25) is 0 Å². The molecule has 2 heterocycles. The highest BCUT2D eigenvalue weighted by atomic mass is 32.1. The largest absolute Gasteiger partial charge is 0.394 e. The molecule has 0 fully saturated rings. The molecule has 1 atom stereocenters. The van der Waals surface area contributed by atoms with E-state index in [1.165, 1.54) is 11.2 Å². The third-order valence-electron chi connectivity index (χ3n) is 2.35. The first-order chi connectivity index (χ1) is 7.81. The zero-order valence-corrected chi connectivity index (χ0v) is 9.87. The molecule has 3 N–H and O–H groups in total. The summed E-state index contributed by atoms with van der Waals surface area (Å²) in [6, 6.07) is 4.42. The number of nitrogens with zero attached hydrogens (tertiary/aromatic N) is 2. The quantitative estimate of drug-likeness (QED) is 0.853. The van der Waals surface area contributed by atoms with E-state index in [1.54, 1.807) is 17.5 Å². The second-order valence-electron chi connectivity index (χ2n) is 3.45. The van der Waals surface area contributed by atoms with E-state index in [0.717, 1.165) is 6.42 Å². The average Bonchev–Trinajstić information content (AvgIpc) is 2.81. The molecule has 4 nitrogen and oxygen atoms in total. The normalized spacial score (nSPS) is 12.3. The van der Waals surface area contributed by atoms with Crippen molar-refractivity contribution in [3.8, 4) is 0 Å². The molecule has 0 radical (unpaired) electrons. The van der Waals surface area contributed by atoms with Crippen molar-refractivity contribution in [2.45, 2.75) is 19.4 Å². The van der Waals surface area contributed by atoms with Crippen molar-refractivity contribution in [2.75, 3.05) is 11.1 Å². The van der Waals surface area contributed by atoms with Crippen LogP contribution in [0.15, 0.2) is 30.0 Å². The number of thiophene rings is 1. The highest BCUT2D eigenvalue weighted by Crippen LogP contribution is 2.26. The van der Waals surface area contributed by atoms with Crippen LogP contribution in [0, 0.1) is 0 Å². The first-order valence-electron chi connectivity index (χ1n) is 5.16. The third kappa shape index (κ3) is 2.30. The maximum Gasteiger partial charge on any atom is 0.153 e. The summed E-state index contributed by atoms with van der Waals surface area (Å²) in [5.74, 6) is 0.704. The summed E-state index contributed by atoms with van der Waals surface area (Å²) < 4.78 is 0. The van der Waals surface area contributed by atoms with Gasteiger partial charge in [-0.25, -0.2) is 9.97 Å². The van der Waals surface area contributed by atoms with Crippen LogP contribution in [-0.2, 0) is 0 Å². The Hall–Kier alpha value is -1.62. The summed E-state index contributed by atoms with van der Waals surface area (Å²) in [5.41, 5.74) is 6.37. The van der Waals surface area contributed by atoms with Crippen LogP contribution in [0.25, 0.3) is 0 Å². The molecule has 0 spiro atoms. The summed E-state index contributed by atoms with van der Waals surface area (Å²) in [7, 11) is 0. The van der Waals surface area contributed by atoms with E-state index in [2.05, 4.69) is 33.7 Å². The number of aromatic nitrogens is 2. The summed E-state index contributed by atoms with van der Waals surface area (Å²) in [5, 5.41) is 5.41. The summed E-state index contributed by atoms with van der Waals surface area (Å²) in [4.78, 5) is 9.29. The molecule has 2 aromatic rings. The van der Waals surface area contributed by atoms with E-state index < -0.39 is 0 Å².